The van der Waals surface area contributed by atoms with Crippen molar-refractivity contribution in [2.75, 3.05) is 6.54 Å². The third-order valence-electron chi connectivity index (χ3n) is 4.49. The molecule has 2 heteroatoms. The van der Waals surface area contributed by atoms with E-state index >= 15 is 0 Å². The molecular weight excluding hydrogens is 244 g/mol. The molecule has 0 bridgehead atoms. The molecule has 0 amide bonds. The largest absolute Gasteiger partial charge is 0.314 e. The summed E-state index contributed by atoms with van der Waals surface area (Å²) in [5.74, 6) is 0. The fraction of sp³-hybridized carbons (Fsp3) is 0.667. The smallest absolute Gasteiger partial charge is 0.0296 e. The van der Waals surface area contributed by atoms with E-state index in [-0.39, 0.29) is 0 Å². The lowest BCUT2D eigenvalue weighted by Gasteiger charge is -2.28. The number of nitrogens with one attached hydrogen (secondary N) is 2. The third kappa shape index (κ3) is 4.32. The van der Waals surface area contributed by atoms with E-state index in [4.69, 9.17) is 0 Å². The van der Waals surface area contributed by atoms with Crippen molar-refractivity contribution < 1.29 is 0 Å². The van der Waals surface area contributed by atoms with Crippen molar-refractivity contribution in [3.8, 4) is 0 Å². The van der Waals surface area contributed by atoms with E-state index in [1.54, 1.807) is 0 Å². The average Bonchev–Trinajstić information content (AvgIpc) is 2.42. The predicted molar refractivity (Wildman–Crippen MR) is 87.2 cm³/mol. The SMILES string of the molecule is Cc1ccc(C)c(C(C)NC(C)CC2CCCCN2)c1. The molecule has 0 saturated carbocycles. The molecule has 0 radical (unpaired) electrons. The second-order valence-corrected chi connectivity index (χ2v) is 6.53. The molecule has 1 fully saturated rings. The molecule has 1 saturated heterocycles. The number of benzene rings is 1. The van der Waals surface area contributed by atoms with E-state index in [2.05, 4.69) is 56.5 Å². The lowest BCUT2D eigenvalue weighted by Crippen LogP contribution is -2.40. The summed E-state index contributed by atoms with van der Waals surface area (Å²) in [4.78, 5) is 0. The Morgan fingerprint density at radius 1 is 1.25 bits per heavy atom. The minimum Gasteiger partial charge on any atom is -0.314 e. The van der Waals surface area contributed by atoms with Crippen LogP contribution in [0, 0.1) is 13.8 Å². The summed E-state index contributed by atoms with van der Waals surface area (Å²) in [5, 5.41) is 7.41. The van der Waals surface area contributed by atoms with E-state index < -0.39 is 0 Å². The average molecular weight is 274 g/mol. The van der Waals surface area contributed by atoms with Gasteiger partial charge in [-0.2, -0.15) is 0 Å². The van der Waals surface area contributed by atoms with Crippen molar-refractivity contribution in [3.63, 3.8) is 0 Å². The molecule has 1 aromatic carbocycles. The van der Waals surface area contributed by atoms with Crippen LogP contribution in [0.5, 0.6) is 0 Å². The van der Waals surface area contributed by atoms with Crippen LogP contribution >= 0.6 is 0 Å². The molecule has 1 aliphatic rings. The van der Waals surface area contributed by atoms with Gasteiger partial charge in [-0.25, -0.2) is 0 Å². The van der Waals surface area contributed by atoms with Gasteiger partial charge < -0.3 is 10.6 Å². The molecule has 1 heterocycles. The highest BCUT2D eigenvalue weighted by Gasteiger charge is 2.18. The van der Waals surface area contributed by atoms with E-state index in [9.17, 15) is 0 Å². The first-order chi connectivity index (χ1) is 9.56. The fourth-order valence-electron chi connectivity index (χ4n) is 3.36. The van der Waals surface area contributed by atoms with Crippen LogP contribution in [0.4, 0.5) is 0 Å². The van der Waals surface area contributed by atoms with Crippen LogP contribution in [0.2, 0.25) is 0 Å². The van der Waals surface area contributed by atoms with Crippen molar-refractivity contribution in [3.05, 3.63) is 34.9 Å². The van der Waals surface area contributed by atoms with E-state index in [0.717, 1.165) is 0 Å². The summed E-state index contributed by atoms with van der Waals surface area (Å²) in [6.07, 6.45) is 5.30. The maximum atomic E-state index is 3.77. The Labute approximate surface area is 124 Å². The van der Waals surface area contributed by atoms with Crippen LogP contribution in [-0.4, -0.2) is 18.6 Å². The van der Waals surface area contributed by atoms with Gasteiger partial charge in [-0.3, -0.25) is 0 Å². The molecule has 112 valence electrons. The van der Waals surface area contributed by atoms with Crippen LogP contribution in [-0.2, 0) is 0 Å². The predicted octanol–water partition coefficient (Wildman–Crippen LogP) is 3.87. The van der Waals surface area contributed by atoms with Crippen LogP contribution in [0.15, 0.2) is 18.2 Å². The van der Waals surface area contributed by atoms with Gasteiger partial charge in [0.05, 0.1) is 0 Å². The highest BCUT2D eigenvalue weighted by atomic mass is 15.0. The Morgan fingerprint density at radius 3 is 2.75 bits per heavy atom. The zero-order valence-electron chi connectivity index (χ0n) is 13.5. The Bertz CT molecular complexity index is 421. The van der Waals surface area contributed by atoms with Gasteiger partial charge in [-0.15, -0.1) is 0 Å². The number of piperidine rings is 1. The second-order valence-electron chi connectivity index (χ2n) is 6.53. The lowest BCUT2D eigenvalue weighted by molar-refractivity contribution is 0.334. The van der Waals surface area contributed by atoms with Gasteiger partial charge in [0.25, 0.3) is 0 Å². The van der Waals surface area contributed by atoms with Gasteiger partial charge in [0.15, 0.2) is 0 Å². The van der Waals surface area contributed by atoms with Gasteiger partial charge in [-0.1, -0.05) is 30.2 Å². The van der Waals surface area contributed by atoms with Crippen molar-refractivity contribution in [2.45, 2.75) is 71.5 Å². The van der Waals surface area contributed by atoms with Gasteiger partial charge in [-0.05, 0) is 64.6 Å². The molecule has 1 aliphatic heterocycles. The zero-order chi connectivity index (χ0) is 14.5. The fourth-order valence-corrected chi connectivity index (χ4v) is 3.36. The Morgan fingerprint density at radius 2 is 2.05 bits per heavy atom. The molecule has 0 spiro atoms. The summed E-state index contributed by atoms with van der Waals surface area (Å²) in [7, 11) is 0. The Kier molecular flexibility index (Phi) is 5.62. The maximum absolute atomic E-state index is 3.77. The number of rotatable bonds is 5. The van der Waals surface area contributed by atoms with Gasteiger partial charge >= 0.3 is 0 Å². The Balaban J connectivity index is 1.89. The lowest BCUT2D eigenvalue weighted by atomic mass is 9.96. The van der Waals surface area contributed by atoms with Crippen LogP contribution in [0.3, 0.4) is 0 Å². The van der Waals surface area contributed by atoms with E-state index in [0.29, 0.717) is 18.1 Å². The normalized spacial score (nSPS) is 22.5. The molecular formula is C18H30N2. The summed E-state index contributed by atoms with van der Waals surface area (Å²) >= 11 is 0. The molecule has 0 aromatic heterocycles. The minimum absolute atomic E-state index is 0.425. The molecule has 2 N–H and O–H groups in total. The first-order valence-corrected chi connectivity index (χ1v) is 8.13. The molecule has 2 rings (SSSR count). The molecule has 3 unspecified atom stereocenters. The highest BCUT2D eigenvalue weighted by molar-refractivity contribution is 5.32. The summed E-state index contributed by atoms with van der Waals surface area (Å²) in [6, 6.07) is 8.43. The quantitative estimate of drug-likeness (QED) is 0.851. The standard InChI is InChI=1S/C18H30N2/c1-13-8-9-14(2)18(11-13)16(4)20-15(3)12-17-7-5-6-10-19-17/h8-9,11,15-17,19-20H,5-7,10,12H2,1-4H3. The van der Waals surface area contributed by atoms with Gasteiger partial charge in [0, 0.05) is 18.1 Å². The highest BCUT2D eigenvalue weighted by Crippen LogP contribution is 2.20. The van der Waals surface area contributed by atoms with E-state index in [1.807, 2.05) is 0 Å². The third-order valence-corrected chi connectivity index (χ3v) is 4.49. The number of hydrogen-bond acceptors (Lipinski definition) is 2. The number of hydrogen-bond donors (Lipinski definition) is 2. The van der Waals surface area contributed by atoms with E-state index in [1.165, 1.54) is 48.9 Å². The summed E-state index contributed by atoms with van der Waals surface area (Å²) in [6.45, 7) is 10.2. The van der Waals surface area contributed by atoms with Crippen LogP contribution in [0.1, 0.15) is 62.3 Å². The molecule has 3 atom stereocenters. The topological polar surface area (TPSA) is 24.1 Å². The van der Waals surface area contributed by atoms with Gasteiger partial charge in [0.1, 0.15) is 0 Å². The molecule has 0 aliphatic carbocycles. The Hall–Kier alpha value is -0.860. The second kappa shape index (κ2) is 7.24. The summed E-state index contributed by atoms with van der Waals surface area (Å²) < 4.78 is 0. The van der Waals surface area contributed by atoms with Gasteiger partial charge in [0.2, 0.25) is 0 Å². The van der Waals surface area contributed by atoms with Crippen molar-refractivity contribution in [1.29, 1.82) is 0 Å². The van der Waals surface area contributed by atoms with Crippen molar-refractivity contribution in [1.82, 2.24) is 10.6 Å². The number of aryl methyl sites for hydroxylation is 2. The first kappa shape index (κ1) is 15.5. The maximum Gasteiger partial charge on any atom is 0.0296 e. The summed E-state index contributed by atoms with van der Waals surface area (Å²) in [5.41, 5.74) is 4.17. The van der Waals surface area contributed by atoms with Crippen LogP contribution < -0.4 is 10.6 Å². The minimum atomic E-state index is 0.425. The van der Waals surface area contributed by atoms with Crippen molar-refractivity contribution in [2.24, 2.45) is 0 Å². The first-order valence-electron chi connectivity index (χ1n) is 8.13. The van der Waals surface area contributed by atoms with Crippen LogP contribution in [0.25, 0.3) is 0 Å². The molecule has 20 heavy (non-hydrogen) atoms. The molecule has 1 aromatic rings. The zero-order valence-corrected chi connectivity index (χ0v) is 13.5. The molecule has 2 nitrogen and oxygen atoms in total. The van der Waals surface area contributed by atoms with Crippen molar-refractivity contribution >= 4 is 0 Å². The monoisotopic (exact) mass is 274 g/mol.